The number of fused-ring (bicyclic) bond motifs is 6. The first-order chi connectivity index (χ1) is 24.8. The van der Waals surface area contributed by atoms with Crippen molar-refractivity contribution >= 4 is 43.7 Å². The molecule has 5 nitrogen and oxygen atoms in total. The van der Waals surface area contributed by atoms with Crippen LogP contribution in [-0.2, 0) is 0 Å². The summed E-state index contributed by atoms with van der Waals surface area (Å²) in [5.41, 5.74) is 10.1. The lowest BCUT2D eigenvalue weighted by Crippen LogP contribution is -2.00. The summed E-state index contributed by atoms with van der Waals surface area (Å²) in [6.07, 6.45) is 0. The second-order valence-corrected chi connectivity index (χ2v) is 12.4. The van der Waals surface area contributed by atoms with Crippen LogP contribution in [-0.4, -0.2) is 19.5 Å². The van der Waals surface area contributed by atoms with Crippen LogP contribution in [0.1, 0.15) is 0 Å². The maximum absolute atomic E-state index is 6.61. The number of aromatic nitrogens is 4. The van der Waals surface area contributed by atoms with Crippen molar-refractivity contribution < 1.29 is 4.42 Å². The van der Waals surface area contributed by atoms with E-state index in [0.717, 1.165) is 55.4 Å². The quantitative estimate of drug-likeness (QED) is 0.188. The molecule has 234 valence electrons. The average Bonchev–Trinajstić information content (AvgIpc) is 3.74. The van der Waals surface area contributed by atoms with Crippen LogP contribution in [0.25, 0.3) is 94.7 Å². The Bertz CT molecular complexity index is 2800. The third-order valence-electron chi connectivity index (χ3n) is 9.46. The first kappa shape index (κ1) is 28.2. The lowest BCUT2D eigenvalue weighted by Gasteiger charge is -2.11. The Morgan fingerprint density at radius 3 is 1.74 bits per heavy atom. The zero-order valence-electron chi connectivity index (χ0n) is 26.9. The zero-order chi connectivity index (χ0) is 33.0. The lowest BCUT2D eigenvalue weighted by molar-refractivity contribution is 0.669. The molecule has 7 aromatic carbocycles. The van der Waals surface area contributed by atoms with E-state index in [4.69, 9.17) is 19.4 Å². The third-order valence-corrected chi connectivity index (χ3v) is 9.46. The minimum atomic E-state index is 0.604. The number of hydrogen-bond donors (Lipinski definition) is 0. The van der Waals surface area contributed by atoms with Gasteiger partial charge in [-0.1, -0.05) is 133 Å². The maximum atomic E-state index is 6.61. The molecule has 0 aliphatic carbocycles. The molecule has 0 aliphatic rings. The number of para-hydroxylation sites is 3. The molecule has 0 fully saturated rings. The Balaban J connectivity index is 1.18. The van der Waals surface area contributed by atoms with E-state index in [2.05, 4.69) is 102 Å². The van der Waals surface area contributed by atoms with Gasteiger partial charge < -0.3 is 8.98 Å². The molecule has 10 aromatic rings. The van der Waals surface area contributed by atoms with Crippen LogP contribution in [0.4, 0.5) is 0 Å². The average molecular weight is 641 g/mol. The molecule has 0 bridgehead atoms. The summed E-state index contributed by atoms with van der Waals surface area (Å²) in [4.78, 5) is 15.0. The van der Waals surface area contributed by atoms with Crippen LogP contribution < -0.4 is 0 Å². The molecule has 50 heavy (non-hydrogen) atoms. The highest BCUT2D eigenvalue weighted by atomic mass is 16.3. The van der Waals surface area contributed by atoms with Gasteiger partial charge in [0.2, 0.25) is 0 Å². The predicted molar refractivity (Wildman–Crippen MR) is 203 cm³/mol. The van der Waals surface area contributed by atoms with E-state index < -0.39 is 0 Å². The smallest absolute Gasteiger partial charge is 0.164 e. The van der Waals surface area contributed by atoms with Crippen LogP contribution in [0.15, 0.2) is 174 Å². The van der Waals surface area contributed by atoms with Crippen LogP contribution in [0.3, 0.4) is 0 Å². The first-order valence-electron chi connectivity index (χ1n) is 16.7. The SMILES string of the molecule is c1ccc(-c2nc(-c3ccccc3)nc(-c3cccc4oc5cc(-c6cccc7c8ccccc8n(-c8ccccc8)c67)ccc5c34)n2)cc1. The molecule has 3 heterocycles. The Kier molecular flexibility index (Phi) is 6.42. The van der Waals surface area contributed by atoms with Crippen molar-refractivity contribution in [3.8, 4) is 51.0 Å². The van der Waals surface area contributed by atoms with Gasteiger partial charge in [-0.15, -0.1) is 0 Å². The molecule has 0 amide bonds. The number of benzene rings is 7. The van der Waals surface area contributed by atoms with Crippen molar-refractivity contribution in [2.24, 2.45) is 0 Å². The summed E-state index contributed by atoms with van der Waals surface area (Å²) in [6.45, 7) is 0. The zero-order valence-corrected chi connectivity index (χ0v) is 26.9. The summed E-state index contributed by atoms with van der Waals surface area (Å²) in [5, 5.41) is 4.44. The summed E-state index contributed by atoms with van der Waals surface area (Å²) >= 11 is 0. The van der Waals surface area contributed by atoms with Crippen molar-refractivity contribution in [3.05, 3.63) is 170 Å². The number of nitrogens with zero attached hydrogens (tertiary/aromatic N) is 4. The van der Waals surface area contributed by atoms with Crippen molar-refractivity contribution in [1.82, 2.24) is 19.5 Å². The molecule has 10 rings (SSSR count). The van der Waals surface area contributed by atoms with Gasteiger partial charge in [-0.05, 0) is 42.0 Å². The molecule has 0 atom stereocenters. The fraction of sp³-hybridized carbons (Fsp3) is 0. The monoisotopic (exact) mass is 640 g/mol. The van der Waals surface area contributed by atoms with E-state index in [-0.39, 0.29) is 0 Å². The normalized spacial score (nSPS) is 11.6. The summed E-state index contributed by atoms with van der Waals surface area (Å²) in [5.74, 6) is 1.86. The van der Waals surface area contributed by atoms with Crippen LogP contribution in [0.5, 0.6) is 0 Å². The number of furan rings is 1. The van der Waals surface area contributed by atoms with Gasteiger partial charge in [0.25, 0.3) is 0 Å². The second kappa shape index (κ2) is 11.4. The summed E-state index contributed by atoms with van der Waals surface area (Å²) in [7, 11) is 0. The highest BCUT2D eigenvalue weighted by molar-refractivity contribution is 6.16. The Hall–Kier alpha value is -6.85. The molecule has 0 saturated carbocycles. The van der Waals surface area contributed by atoms with Crippen molar-refractivity contribution in [1.29, 1.82) is 0 Å². The van der Waals surface area contributed by atoms with Crippen LogP contribution in [0, 0.1) is 0 Å². The largest absolute Gasteiger partial charge is 0.456 e. The maximum Gasteiger partial charge on any atom is 0.164 e. The molecule has 0 spiro atoms. The predicted octanol–water partition coefficient (Wildman–Crippen LogP) is 11.5. The molecule has 5 heteroatoms. The first-order valence-corrected chi connectivity index (χ1v) is 16.7. The second-order valence-electron chi connectivity index (χ2n) is 12.4. The minimum Gasteiger partial charge on any atom is -0.456 e. The molecule has 3 aromatic heterocycles. The molecule has 0 radical (unpaired) electrons. The summed E-state index contributed by atoms with van der Waals surface area (Å²) < 4.78 is 8.99. The van der Waals surface area contributed by atoms with E-state index in [9.17, 15) is 0 Å². The van der Waals surface area contributed by atoms with E-state index in [1.165, 1.54) is 21.8 Å². The van der Waals surface area contributed by atoms with Gasteiger partial charge in [0.1, 0.15) is 11.2 Å². The van der Waals surface area contributed by atoms with E-state index in [1.807, 2.05) is 72.8 Å². The topological polar surface area (TPSA) is 56.7 Å². The van der Waals surface area contributed by atoms with Crippen molar-refractivity contribution in [2.45, 2.75) is 0 Å². The van der Waals surface area contributed by atoms with E-state index in [0.29, 0.717) is 17.5 Å². The van der Waals surface area contributed by atoms with E-state index >= 15 is 0 Å². The number of rotatable bonds is 5. The van der Waals surface area contributed by atoms with Crippen LogP contribution in [0.2, 0.25) is 0 Å². The molecule has 0 saturated heterocycles. The highest BCUT2D eigenvalue weighted by Gasteiger charge is 2.20. The fourth-order valence-electron chi connectivity index (χ4n) is 7.21. The van der Waals surface area contributed by atoms with Gasteiger partial charge >= 0.3 is 0 Å². The Morgan fingerprint density at radius 1 is 0.400 bits per heavy atom. The minimum absolute atomic E-state index is 0.604. The molecular weight excluding hydrogens is 613 g/mol. The summed E-state index contributed by atoms with van der Waals surface area (Å²) in [6, 6.07) is 58.5. The standard InChI is InChI=1S/C45H28N4O/c1-4-14-29(15-5-1)43-46-44(30-16-6-2-7-17-30)48-45(47-43)37-23-13-25-39-41(37)36-27-26-31(28-40(36)50-39)33-21-12-22-35-34-20-10-11-24-38(34)49(42(33)35)32-18-8-3-9-19-32/h1-28H. The van der Waals surface area contributed by atoms with Gasteiger partial charge in [-0.25, -0.2) is 15.0 Å². The molecule has 0 aliphatic heterocycles. The van der Waals surface area contributed by atoms with Crippen molar-refractivity contribution in [2.75, 3.05) is 0 Å². The van der Waals surface area contributed by atoms with Crippen molar-refractivity contribution in [3.63, 3.8) is 0 Å². The van der Waals surface area contributed by atoms with Crippen LogP contribution >= 0.6 is 0 Å². The van der Waals surface area contributed by atoms with Gasteiger partial charge in [-0.2, -0.15) is 0 Å². The lowest BCUT2D eigenvalue weighted by atomic mass is 9.99. The van der Waals surface area contributed by atoms with Gasteiger partial charge in [0.15, 0.2) is 17.5 Å². The molecule has 0 unspecified atom stereocenters. The van der Waals surface area contributed by atoms with Gasteiger partial charge in [0.05, 0.1) is 11.0 Å². The van der Waals surface area contributed by atoms with Gasteiger partial charge in [0, 0.05) is 49.5 Å². The molecule has 0 N–H and O–H groups in total. The number of hydrogen-bond acceptors (Lipinski definition) is 4. The Morgan fingerprint density at radius 2 is 1.00 bits per heavy atom. The van der Waals surface area contributed by atoms with Gasteiger partial charge in [-0.3, -0.25) is 0 Å². The highest BCUT2D eigenvalue weighted by Crippen LogP contribution is 2.41. The third kappa shape index (κ3) is 4.52. The molecular formula is C45H28N4O. The fourth-order valence-corrected chi connectivity index (χ4v) is 7.21. The Labute approximate surface area is 287 Å². The van der Waals surface area contributed by atoms with E-state index in [1.54, 1.807) is 0 Å².